The Morgan fingerprint density at radius 2 is 1.95 bits per heavy atom. The van der Waals surface area contributed by atoms with E-state index in [4.69, 9.17) is 14.8 Å². The molecule has 1 unspecified atom stereocenters. The van der Waals surface area contributed by atoms with Gasteiger partial charge in [0.2, 0.25) is 0 Å². The fraction of sp³-hybridized carbons (Fsp3) is 0.600. The molecule has 0 spiro atoms. The topological polar surface area (TPSA) is 58.9 Å². The highest BCUT2D eigenvalue weighted by molar-refractivity contribution is 6.32. The van der Waals surface area contributed by atoms with Crippen LogP contribution in [0.5, 0.6) is 5.75 Å². The van der Waals surface area contributed by atoms with Crippen molar-refractivity contribution in [2.24, 2.45) is 5.92 Å². The molecule has 2 rings (SSSR count). The van der Waals surface area contributed by atoms with E-state index < -0.39 is 7.32 Å². The first-order valence-electron chi connectivity index (χ1n) is 7.28. The summed E-state index contributed by atoms with van der Waals surface area (Å²) < 4.78 is 9.71. The molecule has 0 amide bonds. The molecule has 2 N–H and O–H groups in total. The minimum absolute atomic E-state index is 0.731. The number of hydrogen-bond donors (Lipinski definition) is 2. The summed E-state index contributed by atoms with van der Waals surface area (Å²) in [4.78, 5) is 0. The molecule has 0 aromatic heterocycles. The maximum absolute atomic E-state index is 7.69. The van der Waals surface area contributed by atoms with Gasteiger partial charge in [-0.05, 0) is 30.0 Å². The van der Waals surface area contributed by atoms with E-state index in [0.29, 0.717) is 0 Å². The largest absolute Gasteiger partial charge is 0.633 e. The Labute approximate surface area is 121 Å². The first-order chi connectivity index (χ1) is 9.62. The van der Waals surface area contributed by atoms with Gasteiger partial charge in [0.05, 0.1) is 6.61 Å². The highest BCUT2D eigenvalue weighted by Crippen LogP contribution is 2.43. The molecule has 112 valence electrons. The van der Waals surface area contributed by atoms with E-state index in [9.17, 15) is 0 Å². The molecule has 0 aromatic carbocycles. The van der Waals surface area contributed by atoms with E-state index >= 15 is 0 Å². The van der Waals surface area contributed by atoms with Crippen molar-refractivity contribution >= 4 is 7.32 Å². The lowest BCUT2D eigenvalue weighted by atomic mass is 10.0. The Morgan fingerprint density at radius 3 is 2.35 bits per heavy atom. The molecule has 0 radical (unpaired) electrons. The lowest BCUT2D eigenvalue weighted by molar-refractivity contribution is 0.229. The van der Waals surface area contributed by atoms with Crippen LogP contribution in [0, 0.1) is 5.92 Å². The Morgan fingerprint density at radius 1 is 1.25 bits per heavy atom. The standard InChI is InChI=1S/C14H20O.CH5BO3/c1-3-5-6-11(4-2)10-15-14-8-7-12-9-13(12)14;1-5-2(3)4/h7-9,11H,3-6,10H2,1-2H3;3-4H,1H3. The maximum Gasteiger partial charge on any atom is 0.633 e. The predicted molar refractivity (Wildman–Crippen MR) is 81.4 cm³/mol. The van der Waals surface area contributed by atoms with Crippen LogP contribution in [0.2, 0.25) is 0 Å². The second-order valence-corrected chi connectivity index (χ2v) is 5.00. The SMILES string of the molecule is CCCCC(CC)COc1ccc2cc1-2.COB(O)O. The summed E-state index contributed by atoms with van der Waals surface area (Å²) in [6, 6.07) is 6.41. The van der Waals surface area contributed by atoms with Crippen molar-refractivity contribution in [2.45, 2.75) is 39.5 Å². The van der Waals surface area contributed by atoms with Crippen molar-refractivity contribution in [3.8, 4) is 16.9 Å². The summed E-state index contributed by atoms with van der Waals surface area (Å²) in [7, 11) is -0.417. The van der Waals surface area contributed by atoms with Gasteiger partial charge in [0, 0.05) is 12.7 Å². The van der Waals surface area contributed by atoms with E-state index in [-0.39, 0.29) is 0 Å². The van der Waals surface area contributed by atoms with E-state index in [1.165, 1.54) is 43.9 Å². The van der Waals surface area contributed by atoms with Crippen LogP contribution in [0.1, 0.15) is 39.5 Å². The molecule has 4 nitrogen and oxygen atoms in total. The minimum Gasteiger partial charge on any atom is -0.493 e. The molecule has 5 heteroatoms. The molecule has 0 aliphatic heterocycles. The summed E-state index contributed by atoms with van der Waals surface area (Å²) in [6.45, 7) is 5.39. The number of rotatable bonds is 8. The van der Waals surface area contributed by atoms with Crippen LogP contribution >= 0.6 is 0 Å². The quantitative estimate of drug-likeness (QED) is 0.730. The van der Waals surface area contributed by atoms with Gasteiger partial charge in [-0.3, -0.25) is 0 Å². The van der Waals surface area contributed by atoms with Crippen LogP contribution in [0.25, 0.3) is 11.1 Å². The zero-order valence-corrected chi connectivity index (χ0v) is 12.6. The van der Waals surface area contributed by atoms with Crippen molar-refractivity contribution in [1.29, 1.82) is 0 Å². The first kappa shape index (κ1) is 17.0. The Kier molecular flexibility index (Phi) is 7.66. The van der Waals surface area contributed by atoms with Gasteiger partial charge in [0.1, 0.15) is 5.75 Å². The zero-order chi connectivity index (χ0) is 15.0. The van der Waals surface area contributed by atoms with E-state index in [1.54, 1.807) is 0 Å². The average molecular weight is 280 g/mol. The van der Waals surface area contributed by atoms with Crippen LogP contribution in [-0.2, 0) is 4.65 Å². The number of ether oxygens (including phenoxy) is 1. The molecular formula is C15H25BO4. The van der Waals surface area contributed by atoms with Crippen LogP contribution in [0.3, 0.4) is 0 Å². The van der Waals surface area contributed by atoms with E-state index in [0.717, 1.165) is 18.3 Å². The Bertz CT molecular complexity index is 395. The number of hydrogen-bond acceptors (Lipinski definition) is 4. The van der Waals surface area contributed by atoms with Gasteiger partial charge in [-0.2, -0.15) is 0 Å². The number of benzene rings is 1. The second-order valence-electron chi connectivity index (χ2n) is 5.00. The van der Waals surface area contributed by atoms with Crippen molar-refractivity contribution in [1.82, 2.24) is 0 Å². The van der Waals surface area contributed by atoms with Crippen LogP contribution in [-0.4, -0.2) is 31.1 Å². The molecule has 0 saturated carbocycles. The van der Waals surface area contributed by atoms with Gasteiger partial charge in [-0.1, -0.05) is 39.2 Å². The lowest BCUT2D eigenvalue weighted by Crippen LogP contribution is -2.12. The van der Waals surface area contributed by atoms with Crippen LogP contribution < -0.4 is 4.74 Å². The first-order valence-corrected chi connectivity index (χ1v) is 7.28. The number of unbranched alkanes of at least 4 members (excludes halogenated alkanes) is 1. The third-order valence-corrected chi connectivity index (χ3v) is 3.44. The molecule has 0 saturated heterocycles. The molecule has 20 heavy (non-hydrogen) atoms. The van der Waals surface area contributed by atoms with Gasteiger partial charge in [-0.25, -0.2) is 0 Å². The normalized spacial score (nSPS) is 12.2. The minimum atomic E-state index is -1.62. The van der Waals surface area contributed by atoms with Crippen molar-refractivity contribution in [3.63, 3.8) is 0 Å². The average Bonchev–Trinajstić information content (AvgIpc) is 3.13. The van der Waals surface area contributed by atoms with Crippen LogP contribution in [0.15, 0.2) is 18.2 Å². The van der Waals surface area contributed by atoms with Gasteiger partial charge < -0.3 is 19.4 Å². The highest BCUT2D eigenvalue weighted by atomic mass is 16.6. The fourth-order valence-corrected chi connectivity index (χ4v) is 1.96. The third-order valence-electron chi connectivity index (χ3n) is 3.44. The molecule has 0 heterocycles. The summed E-state index contributed by atoms with van der Waals surface area (Å²) in [5, 5.41) is 15.4. The van der Waals surface area contributed by atoms with Gasteiger partial charge in [0.15, 0.2) is 0 Å². The summed E-state index contributed by atoms with van der Waals surface area (Å²) in [6.07, 6.45) is 5.15. The van der Waals surface area contributed by atoms with Crippen molar-refractivity contribution in [2.75, 3.05) is 13.7 Å². The maximum atomic E-state index is 7.69. The smallest absolute Gasteiger partial charge is 0.493 e. The van der Waals surface area contributed by atoms with Crippen LogP contribution in [0.4, 0.5) is 0 Å². The summed E-state index contributed by atoms with van der Waals surface area (Å²) in [5.74, 6) is 1.83. The lowest BCUT2D eigenvalue weighted by Gasteiger charge is -2.14. The van der Waals surface area contributed by atoms with E-state index in [1.807, 2.05) is 0 Å². The molecular weight excluding hydrogens is 255 g/mol. The fourth-order valence-electron chi connectivity index (χ4n) is 1.96. The monoisotopic (exact) mass is 280 g/mol. The molecule has 0 aromatic rings. The zero-order valence-electron chi connectivity index (χ0n) is 12.6. The molecule has 2 aliphatic carbocycles. The summed E-state index contributed by atoms with van der Waals surface area (Å²) in [5.41, 5.74) is 2.70. The summed E-state index contributed by atoms with van der Waals surface area (Å²) >= 11 is 0. The third kappa shape index (κ3) is 5.95. The van der Waals surface area contributed by atoms with Gasteiger partial charge in [-0.15, -0.1) is 0 Å². The second kappa shape index (κ2) is 9.00. The van der Waals surface area contributed by atoms with Gasteiger partial charge in [0.25, 0.3) is 0 Å². The van der Waals surface area contributed by atoms with Crippen molar-refractivity contribution in [3.05, 3.63) is 18.2 Å². The Hall–Kier alpha value is -1.04. The molecule has 0 fully saturated rings. The Balaban J connectivity index is 0.000000347. The molecule has 2 aliphatic rings. The van der Waals surface area contributed by atoms with E-state index in [2.05, 4.69) is 36.7 Å². The number of fused-ring (bicyclic) bond motifs is 1. The predicted octanol–water partition coefficient (Wildman–Crippen LogP) is 2.86. The van der Waals surface area contributed by atoms with Gasteiger partial charge >= 0.3 is 7.32 Å². The molecule has 1 atom stereocenters. The van der Waals surface area contributed by atoms with Crippen molar-refractivity contribution < 1.29 is 19.4 Å². The molecule has 0 bridgehead atoms. The highest BCUT2D eigenvalue weighted by Gasteiger charge is 2.19.